The van der Waals surface area contributed by atoms with Crippen LogP contribution in [0.1, 0.15) is 68.8 Å². The number of carbonyl (C=O) groups is 4. The van der Waals surface area contributed by atoms with Gasteiger partial charge in [0.1, 0.15) is 11.3 Å². The number of hydrogen-bond donors (Lipinski definition) is 3. The van der Waals surface area contributed by atoms with E-state index in [1.807, 2.05) is 90.7 Å². The van der Waals surface area contributed by atoms with E-state index in [4.69, 9.17) is 9.73 Å². The Hall–Kier alpha value is -6.55. The predicted octanol–water partition coefficient (Wildman–Crippen LogP) is 7.27. The zero-order valence-electron chi connectivity index (χ0n) is 30.0. The van der Waals surface area contributed by atoms with Gasteiger partial charge in [-0.25, -0.2) is 0 Å². The van der Waals surface area contributed by atoms with E-state index in [1.54, 1.807) is 43.8 Å². The molecule has 272 valence electrons. The van der Waals surface area contributed by atoms with Gasteiger partial charge in [-0.3, -0.25) is 24.2 Å². The number of allylic oxidation sites excluding steroid dienone is 1. The van der Waals surface area contributed by atoms with Crippen molar-refractivity contribution in [3.05, 3.63) is 154 Å². The molecule has 4 aromatic carbocycles. The van der Waals surface area contributed by atoms with E-state index in [0.29, 0.717) is 29.0 Å². The smallest absolute Gasteiger partial charge is 0.303 e. The van der Waals surface area contributed by atoms with Crippen molar-refractivity contribution in [1.82, 2.24) is 10.3 Å². The lowest BCUT2D eigenvalue weighted by atomic mass is 9.89. The summed E-state index contributed by atoms with van der Waals surface area (Å²) in [5.41, 5.74) is 6.77. The molecular weight excluding hydrogens is 681 g/mol. The topological polar surface area (TPSA) is 141 Å². The molecule has 0 bridgehead atoms. The van der Waals surface area contributed by atoms with Gasteiger partial charge in [0.2, 0.25) is 0 Å². The molecule has 7 rings (SSSR count). The molecule has 0 radical (unpaired) electrons. The van der Waals surface area contributed by atoms with Gasteiger partial charge in [0.05, 0.1) is 18.7 Å². The highest BCUT2D eigenvalue weighted by molar-refractivity contribution is 6.15. The number of aromatic amines is 1. The highest BCUT2D eigenvalue weighted by atomic mass is 16.5. The number of carboxylic acid groups (broad SMARTS) is 1. The first-order valence-corrected chi connectivity index (χ1v) is 17.9. The number of aromatic nitrogens is 1. The Morgan fingerprint density at radius 1 is 0.944 bits per heavy atom. The fourth-order valence-corrected chi connectivity index (χ4v) is 7.10. The van der Waals surface area contributed by atoms with Crippen molar-refractivity contribution in [1.29, 1.82) is 0 Å². The van der Waals surface area contributed by atoms with Crippen LogP contribution in [-0.2, 0) is 28.0 Å². The summed E-state index contributed by atoms with van der Waals surface area (Å²) in [7, 11) is 1.58. The summed E-state index contributed by atoms with van der Waals surface area (Å²) in [5.74, 6) is -0.804. The van der Waals surface area contributed by atoms with Crippen LogP contribution in [0, 0.1) is 0 Å². The number of benzene rings is 4. The average Bonchev–Trinajstić information content (AvgIpc) is 3.96. The third-order valence-electron chi connectivity index (χ3n) is 10.1. The largest absolute Gasteiger partial charge is 0.496 e. The molecule has 2 atom stereocenters. The average molecular weight is 721 g/mol. The Bertz CT molecular complexity index is 2290. The van der Waals surface area contributed by atoms with Gasteiger partial charge in [0.25, 0.3) is 11.8 Å². The maximum atomic E-state index is 13.5. The number of ketones is 1. The van der Waals surface area contributed by atoms with E-state index in [2.05, 4.69) is 16.4 Å². The van der Waals surface area contributed by atoms with Gasteiger partial charge in [-0.1, -0.05) is 66.7 Å². The summed E-state index contributed by atoms with van der Waals surface area (Å²) in [6.07, 6.45) is 6.27. The van der Waals surface area contributed by atoms with Crippen LogP contribution in [0.25, 0.3) is 11.3 Å². The third kappa shape index (κ3) is 7.50. The third-order valence-corrected chi connectivity index (χ3v) is 10.1. The van der Waals surface area contributed by atoms with Gasteiger partial charge in [-0.2, -0.15) is 0 Å². The van der Waals surface area contributed by atoms with Gasteiger partial charge < -0.3 is 25.0 Å². The number of aliphatic carboxylic acids is 1. The van der Waals surface area contributed by atoms with Crippen LogP contribution in [0.15, 0.2) is 126 Å². The second-order valence-corrected chi connectivity index (χ2v) is 13.7. The predicted molar refractivity (Wildman–Crippen MR) is 207 cm³/mol. The normalized spacial score (nSPS) is 16.4. The lowest BCUT2D eigenvalue weighted by Crippen LogP contribution is -2.29. The zero-order valence-corrected chi connectivity index (χ0v) is 30.0. The molecule has 10 nitrogen and oxygen atoms in total. The molecular formula is C44H40N4O6. The molecule has 54 heavy (non-hydrogen) atoms. The Labute approximate surface area is 313 Å². The Kier molecular flexibility index (Phi) is 10.1. The number of nitrogens with one attached hydrogen (secondary N) is 2. The van der Waals surface area contributed by atoms with E-state index < -0.39 is 17.6 Å². The first kappa shape index (κ1) is 35.8. The molecule has 10 heteroatoms. The maximum Gasteiger partial charge on any atom is 0.303 e. The van der Waals surface area contributed by atoms with Gasteiger partial charge in [0.15, 0.2) is 5.78 Å². The minimum atomic E-state index is -0.942. The number of H-pyrrole nitrogens is 1. The van der Waals surface area contributed by atoms with E-state index in [9.17, 15) is 24.3 Å². The van der Waals surface area contributed by atoms with Crippen molar-refractivity contribution in [3.8, 4) is 17.0 Å². The first-order chi connectivity index (χ1) is 26.1. The SMILES string of the molecule is COc1cc(CC(=O)C2=CC(C)(c3ccc(C(CCC(=O)O)NC(=O)c4ccccc4)cc3)N=C2)ccc1-c1cc(C(=O)N2CCc3ccccc32)c[nH]1. The molecule has 2 amide bonds. The van der Waals surface area contributed by atoms with Gasteiger partial charge in [-0.15, -0.1) is 0 Å². The van der Waals surface area contributed by atoms with Crippen LogP contribution in [-0.4, -0.2) is 53.5 Å². The minimum absolute atomic E-state index is 0.0645. The number of nitrogens with zero attached hydrogens (tertiary/aromatic N) is 2. The molecule has 3 heterocycles. The molecule has 0 fully saturated rings. The highest BCUT2D eigenvalue weighted by Crippen LogP contribution is 2.36. The van der Waals surface area contributed by atoms with Crippen molar-refractivity contribution < 1.29 is 29.0 Å². The van der Waals surface area contributed by atoms with E-state index >= 15 is 0 Å². The number of fused-ring (bicyclic) bond motifs is 1. The molecule has 0 spiro atoms. The lowest BCUT2D eigenvalue weighted by molar-refractivity contribution is -0.137. The number of hydrogen-bond acceptors (Lipinski definition) is 6. The summed E-state index contributed by atoms with van der Waals surface area (Å²) in [4.78, 5) is 61.0. The molecule has 5 aromatic rings. The van der Waals surface area contributed by atoms with Gasteiger partial charge >= 0.3 is 5.97 Å². The van der Waals surface area contributed by atoms with Crippen LogP contribution >= 0.6 is 0 Å². The fraction of sp³-hybridized carbons (Fsp3) is 0.205. The van der Waals surface area contributed by atoms with Crippen LogP contribution in [0.5, 0.6) is 5.75 Å². The summed E-state index contributed by atoms with van der Waals surface area (Å²) in [6, 6.07) is 31.2. The number of carbonyl (C=O) groups excluding carboxylic acids is 3. The molecule has 0 saturated carbocycles. The van der Waals surface area contributed by atoms with Crippen LogP contribution < -0.4 is 15.0 Å². The van der Waals surface area contributed by atoms with Crippen molar-refractivity contribution >= 4 is 35.5 Å². The second-order valence-electron chi connectivity index (χ2n) is 13.7. The molecule has 3 N–H and O–H groups in total. The van der Waals surface area contributed by atoms with Crippen LogP contribution in [0.2, 0.25) is 0 Å². The number of anilines is 1. The number of amides is 2. The fourth-order valence-electron chi connectivity index (χ4n) is 7.10. The number of para-hydroxylation sites is 1. The quantitative estimate of drug-likeness (QED) is 0.117. The minimum Gasteiger partial charge on any atom is -0.496 e. The molecule has 0 aliphatic carbocycles. The standard InChI is InChI=1S/C44H40N4O6/c1-44(34-15-13-29(14-16-34)36(18-19-41(50)51)47-42(52)31-9-4-3-5-10-31)25-33(27-46-44)39(49)22-28-12-17-35(40(23-28)54-2)37-24-32(26-45-37)43(53)48-21-20-30-8-6-7-11-38(30)48/h3-17,23-27,36,45H,18-22H2,1-2H3,(H,47,52)(H,50,51). The van der Waals surface area contributed by atoms with Crippen molar-refractivity contribution in [3.63, 3.8) is 0 Å². The Balaban J connectivity index is 1.02. The molecule has 2 aliphatic rings. The lowest BCUT2D eigenvalue weighted by Gasteiger charge is -2.22. The highest BCUT2D eigenvalue weighted by Gasteiger charge is 2.30. The molecule has 1 aromatic heterocycles. The van der Waals surface area contributed by atoms with E-state index in [-0.39, 0.29) is 36.9 Å². The zero-order chi connectivity index (χ0) is 37.8. The van der Waals surface area contributed by atoms with Crippen LogP contribution in [0.4, 0.5) is 5.69 Å². The number of aliphatic imine (C=N–C) groups is 1. The van der Waals surface area contributed by atoms with Gasteiger partial charge in [-0.05, 0) is 84.5 Å². The second kappa shape index (κ2) is 15.2. The number of methoxy groups -OCH3 is 1. The Morgan fingerprint density at radius 2 is 1.70 bits per heavy atom. The van der Waals surface area contributed by atoms with Gasteiger partial charge in [0, 0.05) is 59.9 Å². The van der Waals surface area contributed by atoms with Crippen molar-refractivity contribution in [2.75, 3.05) is 18.6 Å². The number of ether oxygens (including phenoxy) is 1. The molecule has 2 aliphatic heterocycles. The van der Waals surface area contributed by atoms with E-state index in [0.717, 1.165) is 40.1 Å². The maximum absolute atomic E-state index is 13.5. The molecule has 0 saturated heterocycles. The number of carboxylic acids is 1. The first-order valence-electron chi connectivity index (χ1n) is 17.9. The summed E-state index contributed by atoms with van der Waals surface area (Å²) in [6.45, 7) is 2.57. The number of rotatable bonds is 13. The van der Waals surface area contributed by atoms with Crippen molar-refractivity contribution in [2.45, 2.75) is 44.2 Å². The van der Waals surface area contributed by atoms with Crippen molar-refractivity contribution in [2.24, 2.45) is 4.99 Å². The Morgan fingerprint density at radius 3 is 2.46 bits per heavy atom. The molecule has 2 unspecified atom stereocenters. The monoisotopic (exact) mass is 720 g/mol. The van der Waals surface area contributed by atoms with Crippen LogP contribution in [0.3, 0.4) is 0 Å². The van der Waals surface area contributed by atoms with E-state index in [1.165, 1.54) is 5.56 Å². The summed E-state index contributed by atoms with van der Waals surface area (Å²) >= 11 is 0. The number of Topliss-reactive ketones (excluding diaryl/α,β-unsaturated/α-hetero) is 1. The summed E-state index contributed by atoms with van der Waals surface area (Å²) in [5, 5.41) is 12.3. The summed E-state index contributed by atoms with van der Waals surface area (Å²) < 4.78 is 5.73.